The van der Waals surface area contributed by atoms with Gasteiger partial charge in [0.15, 0.2) is 0 Å². The Morgan fingerprint density at radius 2 is 2.06 bits per heavy atom. The van der Waals surface area contributed by atoms with E-state index in [-0.39, 0.29) is 5.91 Å². The first kappa shape index (κ1) is 15.2. The third kappa shape index (κ3) is 3.80. The molecule has 0 aliphatic heterocycles. The molecule has 0 aliphatic carbocycles. The summed E-state index contributed by atoms with van der Waals surface area (Å²) in [6.07, 6.45) is 3.86. The van der Waals surface area contributed by atoms with E-state index < -0.39 is 0 Å². The maximum atomic E-state index is 12.4. The summed E-state index contributed by atoms with van der Waals surface area (Å²) < 4.78 is 0.762. The lowest BCUT2D eigenvalue weighted by molar-refractivity contribution is 0.0728. The third-order valence-electron chi connectivity index (χ3n) is 3.26. The lowest BCUT2D eigenvalue weighted by Gasteiger charge is -2.25. The first-order valence-corrected chi connectivity index (χ1v) is 7.33. The Balaban J connectivity index is 2.83. The molecule has 4 heteroatoms. The first-order chi connectivity index (χ1) is 8.63. The summed E-state index contributed by atoms with van der Waals surface area (Å²) in [7, 11) is 0. The number of halogens is 1. The fourth-order valence-corrected chi connectivity index (χ4v) is 2.33. The summed E-state index contributed by atoms with van der Waals surface area (Å²) in [5.74, 6) is 0.577. The second-order valence-corrected chi connectivity index (χ2v) is 5.21. The number of carbonyl (C=O) groups excluding carboxylic acids is 1. The molecule has 1 amide bonds. The summed E-state index contributed by atoms with van der Waals surface area (Å²) in [5.41, 5.74) is 0.505. The van der Waals surface area contributed by atoms with Gasteiger partial charge in [-0.3, -0.25) is 4.79 Å². The van der Waals surface area contributed by atoms with Crippen molar-refractivity contribution in [2.45, 2.75) is 33.6 Å². The van der Waals surface area contributed by atoms with Crippen molar-refractivity contribution in [1.82, 2.24) is 9.88 Å². The highest BCUT2D eigenvalue weighted by molar-refractivity contribution is 9.10. The maximum Gasteiger partial charge on any atom is 0.273 e. The SMILES string of the molecule is CCC(CC)CN(CC)C(=O)c1ncccc1Br. The van der Waals surface area contributed by atoms with Crippen molar-refractivity contribution in [3.05, 3.63) is 28.5 Å². The zero-order chi connectivity index (χ0) is 13.5. The van der Waals surface area contributed by atoms with Gasteiger partial charge in [0.1, 0.15) is 5.69 Å². The van der Waals surface area contributed by atoms with Gasteiger partial charge < -0.3 is 4.90 Å². The van der Waals surface area contributed by atoms with Crippen LogP contribution in [-0.2, 0) is 0 Å². The normalized spacial score (nSPS) is 10.7. The molecule has 1 rings (SSSR count). The van der Waals surface area contributed by atoms with E-state index in [1.165, 1.54) is 0 Å². The molecule has 0 N–H and O–H groups in total. The molecular formula is C14H21BrN2O. The van der Waals surface area contributed by atoms with E-state index in [1.807, 2.05) is 24.0 Å². The topological polar surface area (TPSA) is 33.2 Å². The van der Waals surface area contributed by atoms with Crippen LogP contribution >= 0.6 is 15.9 Å². The summed E-state index contributed by atoms with van der Waals surface area (Å²) in [4.78, 5) is 18.4. The van der Waals surface area contributed by atoms with Gasteiger partial charge in [-0.05, 0) is 40.9 Å². The van der Waals surface area contributed by atoms with Crippen LogP contribution in [0.25, 0.3) is 0 Å². The number of pyridine rings is 1. The van der Waals surface area contributed by atoms with Crippen LogP contribution in [0.4, 0.5) is 0 Å². The predicted molar refractivity (Wildman–Crippen MR) is 77.6 cm³/mol. The van der Waals surface area contributed by atoms with E-state index in [0.717, 1.165) is 30.4 Å². The number of carbonyl (C=O) groups is 1. The van der Waals surface area contributed by atoms with E-state index in [4.69, 9.17) is 0 Å². The Hall–Kier alpha value is -0.900. The Labute approximate surface area is 118 Å². The van der Waals surface area contributed by atoms with Gasteiger partial charge in [-0.15, -0.1) is 0 Å². The fraction of sp³-hybridized carbons (Fsp3) is 0.571. The van der Waals surface area contributed by atoms with Crippen LogP contribution in [0.3, 0.4) is 0 Å². The summed E-state index contributed by atoms with van der Waals surface area (Å²) in [6, 6.07) is 3.67. The molecule has 0 atom stereocenters. The van der Waals surface area contributed by atoms with Crippen molar-refractivity contribution in [3.63, 3.8) is 0 Å². The number of amides is 1. The fourth-order valence-electron chi connectivity index (χ4n) is 1.91. The second-order valence-electron chi connectivity index (χ2n) is 4.36. The Bertz CT molecular complexity index is 391. The quantitative estimate of drug-likeness (QED) is 0.801. The second kappa shape index (κ2) is 7.52. The zero-order valence-electron chi connectivity index (χ0n) is 11.3. The molecule has 0 spiro atoms. The van der Waals surface area contributed by atoms with Gasteiger partial charge in [-0.2, -0.15) is 0 Å². The number of rotatable bonds is 6. The molecule has 1 aromatic rings. The van der Waals surface area contributed by atoms with Crippen LogP contribution in [0.2, 0.25) is 0 Å². The third-order valence-corrected chi connectivity index (χ3v) is 3.90. The summed E-state index contributed by atoms with van der Waals surface area (Å²) >= 11 is 3.38. The summed E-state index contributed by atoms with van der Waals surface area (Å²) in [6.45, 7) is 7.88. The van der Waals surface area contributed by atoms with Crippen LogP contribution in [0.5, 0.6) is 0 Å². The highest BCUT2D eigenvalue weighted by Crippen LogP contribution is 2.17. The average Bonchev–Trinajstić information content (AvgIpc) is 2.40. The maximum absolute atomic E-state index is 12.4. The van der Waals surface area contributed by atoms with Crippen molar-refractivity contribution < 1.29 is 4.79 Å². The Kier molecular flexibility index (Phi) is 6.33. The molecule has 0 unspecified atom stereocenters. The Morgan fingerprint density at radius 1 is 1.39 bits per heavy atom. The summed E-state index contributed by atoms with van der Waals surface area (Å²) in [5, 5.41) is 0. The van der Waals surface area contributed by atoms with Gasteiger partial charge in [0.05, 0.1) is 0 Å². The van der Waals surface area contributed by atoms with Crippen molar-refractivity contribution in [2.24, 2.45) is 5.92 Å². The van der Waals surface area contributed by atoms with Crippen LogP contribution in [0.15, 0.2) is 22.8 Å². The molecule has 0 aromatic carbocycles. The molecular weight excluding hydrogens is 292 g/mol. The number of aromatic nitrogens is 1. The van der Waals surface area contributed by atoms with Crippen molar-refractivity contribution in [2.75, 3.05) is 13.1 Å². The van der Waals surface area contributed by atoms with Gasteiger partial charge in [0.2, 0.25) is 0 Å². The molecule has 1 heterocycles. The highest BCUT2D eigenvalue weighted by atomic mass is 79.9. The van der Waals surface area contributed by atoms with E-state index in [0.29, 0.717) is 11.6 Å². The molecule has 0 radical (unpaired) electrons. The van der Waals surface area contributed by atoms with Gasteiger partial charge in [0.25, 0.3) is 5.91 Å². The number of hydrogen-bond donors (Lipinski definition) is 0. The van der Waals surface area contributed by atoms with E-state index in [2.05, 4.69) is 34.8 Å². The first-order valence-electron chi connectivity index (χ1n) is 6.53. The zero-order valence-corrected chi connectivity index (χ0v) is 12.9. The van der Waals surface area contributed by atoms with Crippen molar-refractivity contribution in [1.29, 1.82) is 0 Å². The van der Waals surface area contributed by atoms with E-state index in [9.17, 15) is 4.79 Å². The standard InChI is InChI=1S/C14H21BrN2O/c1-4-11(5-2)10-17(6-3)14(18)13-12(15)8-7-9-16-13/h7-9,11H,4-6,10H2,1-3H3. The molecule has 0 fully saturated rings. The minimum atomic E-state index is 0.0110. The number of nitrogens with zero attached hydrogens (tertiary/aromatic N) is 2. The highest BCUT2D eigenvalue weighted by Gasteiger charge is 2.20. The molecule has 0 aliphatic rings. The van der Waals surface area contributed by atoms with Crippen LogP contribution in [-0.4, -0.2) is 28.9 Å². The predicted octanol–water partition coefficient (Wildman–Crippen LogP) is 3.74. The lowest BCUT2D eigenvalue weighted by Crippen LogP contribution is -2.35. The molecule has 3 nitrogen and oxygen atoms in total. The van der Waals surface area contributed by atoms with Crippen molar-refractivity contribution >= 4 is 21.8 Å². The van der Waals surface area contributed by atoms with E-state index >= 15 is 0 Å². The largest absolute Gasteiger partial charge is 0.337 e. The molecule has 0 bridgehead atoms. The monoisotopic (exact) mass is 312 g/mol. The number of hydrogen-bond acceptors (Lipinski definition) is 2. The van der Waals surface area contributed by atoms with Crippen molar-refractivity contribution in [3.8, 4) is 0 Å². The van der Waals surface area contributed by atoms with Gasteiger partial charge in [-0.1, -0.05) is 26.7 Å². The van der Waals surface area contributed by atoms with Gasteiger partial charge in [0, 0.05) is 23.8 Å². The molecule has 0 saturated heterocycles. The van der Waals surface area contributed by atoms with Crippen LogP contribution in [0.1, 0.15) is 44.1 Å². The molecule has 18 heavy (non-hydrogen) atoms. The minimum absolute atomic E-state index is 0.0110. The van der Waals surface area contributed by atoms with Gasteiger partial charge >= 0.3 is 0 Å². The smallest absolute Gasteiger partial charge is 0.273 e. The van der Waals surface area contributed by atoms with Gasteiger partial charge in [-0.25, -0.2) is 4.98 Å². The van der Waals surface area contributed by atoms with E-state index in [1.54, 1.807) is 6.20 Å². The molecule has 0 saturated carbocycles. The lowest BCUT2D eigenvalue weighted by atomic mass is 10.0. The van der Waals surface area contributed by atoms with Crippen LogP contribution in [0, 0.1) is 5.92 Å². The van der Waals surface area contributed by atoms with Crippen LogP contribution < -0.4 is 0 Å². The Morgan fingerprint density at radius 3 is 2.56 bits per heavy atom. The molecule has 100 valence electrons. The average molecular weight is 313 g/mol. The minimum Gasteiger partial charge on any atom is -0.337 e. The molecule has 1 aromatic heterocycles.